The van der Waals surface area contributed by atoms with Gasteiger partial charge in [-0.15, -0.1) is 11.3 Å². The highest BCUT2D eigenvalue weighted by atomic mass is 35.5. The van der Waals surface area contributed by atoms with Crippen LogP contribution in [0, 0.1) is 0 Å². The topological polar surface area (TPSA) is 86.4 Å². The molecule has 1 aromatic heterocycles. The van der Waals surface area contributed by atoms with Gasteiger partial charge in [-0.1, -0.05) is 53.2 Å². The number of rotatable bonds is 9. The van der Waals surface area contributed by atoms with E-state index in [2.05, 4.69) is 25.8 Å². The summed E-state index contributed by atoms with van der Waals surface area (Å²) in [5.74, 6) is 0.269. The number of amides is 3. The van der Waals surface area contributed by atoms with Gasteiger partial charge in [-0.05, 0) is 55.4 Å². The molecule has 0 spiro atoms. The lowest BCUT2D eigenvalue weighted by Crippen LogP contribution is -2.39. The van der Waals surface area contributed by atoms with E-state index in [1.54, 1.807) is 0 Å². The molecular weight excluding hydrogens is 549 g/mol. The Kier molecular flexibility index (Phi) is 9.74. The summed E-state index contributed by atoms with van der Waals surface area (Å²) >= 11 is 15.0. The molecular formula is C26H27Cl2N5O2S2. The normalized spacial score (nSPS) is 14.9. The summed E-state index contributed by atoms with van der Waals surface area (Å²) in [6, 6.07) is 12.9. The highest BCUT2D eigenvalue weighted by molar-refractivity contribution is 8.01. The second-order valence-corrected chi connectivity index (χ2v) is 11.3. The second-order valence-electron chi connectivity index (χ2n) is 8.38. The fourth-order valence-corrected chi connectivity index (χ4v) is 5.72. The van der Waals surface area contributed by atoms with Gasteiger partial charge in [0, 0.05) is 36.3 Å². The average molecular weight is 577 g/mol. The number of nitrogens with zero attached hydrogens (tertiary/aromatic N) is 2. The van der Waals surface area contributed by atoms with Crippen molar-refractivity contribution in [3.05, 3.63) is 75.7 Å². The highest BCUT2D eigenvalue weighted by Crippen LogP contribution is 2.29. The van der Waals surface area contributed by atoms with Crippen LogP contribution in [0.5, 0.6) is 0 Å². The molecule has 1 unspecified atom stereocenters. The number of urea groups is 1. The molecule has 3 aromatic rings. The Hall–Kier alpha value is -2.72. The monoisotopic (exact) mass is 575 g/mol. The number of thioether (sulfide) groups is 1. The van der Waals surface area contributed by atoms with E-state index >= 15 is 0 Å². The Bertz CT molecular complexity index is 1280. The lowest BCUT2D eigenvalue weighted by atomic mass is 10.1. The Labute approximate surface area is 234 Å². The number of thiazole rings is 1. The minimum Gasteiger partial charge on any atom is -0.373 e. The van der Waals surface area contributed by atoms with Gasteiger partial charge in [-0.25, -0.2) is 9.78 Å². The number of hydrogen-bond donors (Lipinski definition) is 3. The van der Waals surface area contributed by atoms with Gasteiger partial charge >= 0.3 is 6.03 Å². The first-order valence-electron chi connectivity index (χ1n) is 11.8. The van der Waals surface area contributed by atoms with Crippen molar-refractivity contribution in [1.82, 2.24) is 20.5 Å². The Morgan fingerprint density at radius 3 is 2.81 bits per heavy atom. The number of carbonyl (C=O) groups is 2. The van der Waals surface area contributed by atoms with Crippen molar-refractivity contribution in [3.8, 4) is 11.3 Å². The molecule has 2 aromatic carbocycles. The quantitative estimate of drug-likeness (QED) is 0.262. The summed E-state index contributed by atoms with van der Waals surface area (Å²) in [5, 5.41) is 11.7. The number of nitrogens with one attached hydrogen (secondary N) is 3. The van der Waals surface area contributed by atoms with Gasteiger partial charge in [0.05, 0.1) is 27.5 Å². The van der Waals surface area contributed by atoms with Crippen molar-refractivity contribution < 1.29 is 9.59 Å². The number of anilines is 1. The SMILES string of the molecule is CCNC(=O)Nc1cccc(-c2csc(SCC(=O)NC3C=CN(Cc4ccc(Cl)c(Cl)c4)CC3)n2)c1. The first kappa shape index (κ1) is 27.3. The maximum atomic E-state index is 12.5. The van der Waals surface area contributed by atoms with Crippen molar-refractivity contribution >= 4 is 63.9 Å². The van der Waals surface area contributed by atoms with Gasteiger partial charge < -0.3 is 20.9 Å². The third-order valence-corrected chi connectivity index (χ3v) is 8.30. The Morgan fingerprint density at radius 1 is 1.19 bits per heavy atom. The number of halogens is 2. The lowest BCUT2D eigenvalue weighted by molar-refractivity contribution is -0.119. The molecule has 2 heterocycles. The largest absolute Gasteiger partial charge is 0.373 e. The zero-order valence-corrected chi connectivity index (χ0v) is 23.3. The van der Waals surface area contributed by atoms with Crippen LogP contribution in [0.2, 0.25) is 10.0 Å². The number of benzene rings is 2. The Balaban J connectivity index is 1.24. The van der Waals surface area contributed by atoms with Gasteiger partial charge in [0.15, 0.2) is 4.34 Å². The molecule has 0 aliphatic carbocycles. The van der Waals surface area contributed by atoms with Gasteiger partial charge in [0.1, 0.15) is 0 Å². The van der Waals surface area contributed by atoms with Crippen LogP contribution in [0.25, 0.3) is 11.3 Å². The molecule has 7 nitrogen and oxygen atoms in total. The molecule has 3 amide bonds. The van der Waals surface area contributed by atoms with Crippen LogP contribution in [0.3, 0.4) is 0 Å². The van der Waals surface area contributed by atoms with E-state index in [1.165, 1.54) is 23.1 Å². The third-order valence-electron chi connectivity index (χ3n) is 5.54. The minimum atomic E-state index is -0.243. The molecule has 3 N–H and O–H groups in total. The molecule has 0 saturated carbocycles. The van der Waals surface area contributed by atoms with Crippen LogP contribution in [-0.4, -0.2) is 46.7 Å². The maximum absolute atomic E-state index is 12.5. The van der Waals surface area contributed by atoms with E-state index in [1.807, 2.05) is 67.0 Å². The van der Waals surface area contributed by atoms with Crippen LogP contribution in [0.1, 0.15) is 18.9 Å². The van der Waals surface area contributed by atoms with E-state index in [-0.39, 0.29) is 18.0 Å². The average Bonchev–Trinajstić information content (AvgIpc) is 3.36. The lowest BCUT2D eigenvalue weighted by Gasteiger charge is -2.28. The Morgan fingerprint density at radius 2 is 2.05 bits per heavy atom. The van der Waals surface area contributed by atoms with Crippen molar-refractivity contribution in [1.29, 1.82) is 0 Å². The van der Waals surface area contributed by atoms with Gasteiger partial charge in [-0.3, -0.25) is 4.79 Å². The van der Waals surface area contributed by atoms with Gasteiger partial charge in [0.2, 0.25) is 5.91 Å². The van der Waals surface area contributed by atoms with Gasteiger partial charge in [-0.2, -0.15) is 0 Å². The summed E-state index contributed by atoms with van der Waals surface area (Å²) in [7, 11) is 0. The molecule has 0 bridgehead atoms. The molecule has 1 aliphatic heterocycles. The van der Waals surface area contributed by atoms with Gasteiger partial charge in [0.25, 0.3) is 0 Å². The molecule has 0 fully saturated rings. The fraction of sp³-hybridized carbons (Fsp3) is 0.269. The van der Waals surface area contributed by atoms with Crippen LogP contribution < -0.4 is 16.0 Å². The van der Waals surface area contributed by atoms with E-state index in [0.717, 1.165) is 40.7 Å². The van der Waals surface area contributed by atoms with E-state index in [0.29, 0.717) is 28.0 Å². The number of aromatic nitrogens is 1. The van der Waals surface area contributed by atoms with Crippen molar-refractivity contribution in [2.75, 3.05) is 24.2 Å². The molecule has 194 valence electrons. The summed E-state index contributed by atoms with van der Waals surface area (Å²) in [6.45, 7) is 3.99. The zero-order valence-electron chi connectivity index (χ0n) is 20.2. The smallest absolute Gasteiger partial charge is 0.319 e. The van der Waals surface area contributed by atoms with E-state index in [9.17, 15) is 9.59 Å². The maximum Gasteiger partial charge on any atom is 0.319 e. The molecule has 37 heavy (non-hydrogen) atoms. The van der Waals surface area contributed by atoms with Crippen molar-refractivity contribution in [3.63, 3.8) is 0 Å². The molecule has 0 radical (unpaired) electrons. The summed E-state index contributed by atoms with van der Waals surface area (Å²) < 4.78 is 0.819. The van der Waals surface area contributed by atoms with Crippen LogP contribution >= 0.6 is 46.3 Å². The highest BCUT2D eigenvalue weighted by Gasteiger charge is 2.17. The number of carbonyl (C=O) groups excluding carboxylic acids is 2. The number of hydrogen-bond acceptors (Lipinski definition) is 6. The standard InChI is InChI=1S/C26H27Cl2N5O2S2/c1-2-29-25(35)31-20-5-3-4-18(13-20)23-15-36-26(32-23)37-16-24(34)30-19-8-10-33(11-9-19)14-17-6-7-21(27)22(28)12-17/h3-8,10,12-13,15,19H,2,9,11,14,16H2,1H3,(H,30,34)(H2,29,31,35). The minimum absolute atomic E-state index is 0.00478. The van der Waals surface area contributed by atoms with Crippen molar-refractivity contribution in [2.45, 2.75) is 30.3 Å². The zero-order chi connectivity index (χ0) is 26.2. The second kappa shape index (κ2) is 13.2. The molecule has 1 atom stereocenters. The molecule has 4 rings (SSSR count). The first-order chi connectivity index (χ1) is 17.9. The molecule has 0 saturated heterocycles. The fourth-order valence-electron chi connectivity index (χ4n) is 3.75. The molecule has 1 aliphatic rings. The van der Waals surface area contributed by atoms with E-state index < -0.39 is 0 Å². The predicted molar refractivity (Wildman–Crippen MR) is 154 cm³/mol. The molecule has 11 heteroatoms. The predicted octanol–water partition coefficient (Wildman–Crippen LogP) is 6.25. The van der Waals surface area contributed by atoms with Crippen LogP contribution in [0.4, 0.5) is 10.5 Å². The summed E-state index contributed by atoms with van der Waals surface area (Å²) in [5.41, 5.74) is 3.50. The van der Waals surface area contributed by atoms with E-state index in [4.69, 9.17) is 23.2 Å². The first-order valence-corrected chi connectivity index (χ1v) is 14.4. The summed E-state index contributed by atoms with van der Waals surface area (Å²) in [4.78, 5) is 31.1. The summed E-state index contributed by atoms with van der Waals surface area (Å²) in [6.07, 6.45) is 4.87. The third kappa shape index (κ3) is 8.13. The van der Waals surface area contributed by atoms with Crippen LogP contribution in [-0.2, 0) is 11.3 Å². The van der Waals surface area contributed by atoms with Crippen LogP contribution in [0.15, 0.2) is 64.5 Å². The van der Waals surface area contributed by atoms with Crippen molar-refractivity contribution in [2.24, 2.45) is 0 Å².